The first-order valence-electron chi connectivity index (χ1n) is 8.34. The first-order chi connectivity index (χ1) is 12.1. The molecule has 1 atom stereocenters. The number of imidazole rings is 1. The predicted molar refractivity (Wildman–Crippen MR) is 93.3 cm³/mol. The number of carbonyl (C=O) groups is 1. The topological polar surface area (TPSA) is 104 Å². The molecule has 2 N–H and O–H groups in total. The largest absolute Gasteiger partial charge is 0.348 e. The summed E-state index contributed by atoms with van der Waals surface area (Å²) in [4.78, 5) is 32.6. The maximum Gasteiger partial charge on any atom is 0.292 e. The molecule has 3 rings (SSSR count). The number of benzene rings is 1. The second kappa shape index (κ2) is 7.43. The van der Waals surface area contributed by atoms with Gasteiger partial charge >= 0.3 is 0 Å². The lowest BCUT2D eigenvalue weighted by molar-refractivity contribution is -0.383. The highest BCUT2D eigenvalue weighted by Gasteiger charge is 2.29. The Hall–Kier alpha value is -2.74. The van der Waals surface area contributed by atoms with Gasteiger partial charge in [0.2, 0.25) is 5.91 Å². The Morgan fingerprint density at radius 2 is 2.12 bits per heavy atom. The Labute approximate surface area is 145 Å². The molecule has 1 aliphatic rings. The van der Waals surface area contributed by atoms with Crippen molar-refractivity contribution in [2.75, 3.05) is 18.4 Å². The number of nitro benzene ring substituents is 1. The molecule has 1 aliphatic heterocycles. The van der Waals surface area contributed by atoms with E-state index in [0.29, 0.717) is 5.92 Å². The van der Waals surface area contributed by atoms with Crippen molar-refractivity contribution in [1.82, 2.24) is 14.9 Å². The number of hydrogen-bond donors (Lipinski definition) is 2. The molecule has 2 heterocycles. The van der Waals surface area contributed by atoms with Gasteiger partial charge in [-0.25, -0.2) is 4.98 Å². The molecular weight excluding hydrogens is 322 g/mol. The van der Waals surface area contributed by atoms with Crippen LogP contribution in [0.2, 0.25) is 0 Å². The minimum atomic E-state index is -0.491. The summed E-state index contributed by atoms with van der Waals surface area (Å²) in [7, 11) is 0. The van der Waals surface area contributed by atoms with E-state index in [4.69, 9.17) is 0 Å². The van der Waals surface area contributed by atoms with E-state index >= 15 is 0 Å². The Morgan fingerprint density at radius 1 is 1.40 bits per heavy atom. The lowest BCUT2D eigenvalue weighted by Gasteiger charge is -2.34. The fraction of sp³-hybridized carbons (Fsp3) is 0.412. The van der Waals surface area contributed by atoms with Crippen LogP contribution < -0.4 is 5.32 Å². The third kappa shape index (κ3) is 3.85. The highest BCUT2D eigenvalue weighted by Crippen LogP contribution is 2.27. The highest BCUT2D eigenvalue weighted by molar-refractivity contribution is 5.96. The van der Waals surface area contributed by atoms with Crippen LogP contribution in [0.1, 0.15) is 31.5 Å². The molecule has 1 aromatic carbocycles. The van der Waals surface area contributed by atoms with E-state index in [0.717, 1.165) is 31.8 Å². The Balaban J connectivity index is 1.59. The van der Waals surface area contributed by atoms with E-state index in [1.807, 2.05) is 13.1 Å². The fourth-order valence-electron chi connectivity index (χ4n) is 3.20. The SMILES string of the molecule is CC(C(=O)Nc1ccccc1[N+](=O)[O-])N1CCC(c2ncc[nH]2)CC1. The molecule has 8 heteroatoms. The number of nitro groups is 1. The van der Waals surface area contributed by atoms with Crippen molar-refractivity contribution in [2.45, 2.75) is 31.7 Å². The van der Waals surface area contributed by atoms with Crippen molar-refractivity contribution in [3.8, 4) is 0 Å². The van der Waals surface area contributed by atoms with Crippen LogP contribution >= 0.6 is 0 Å². The molecule has 25 heavy (non-hydrogen) atoms. The van der Waals surface area contributed by atoms with E-state index in [-0.39, 0.29) is 23.3 Å². The van der Waals surface area contributed by atoms with Crippen LogP contribution in [-0.2, 0) is 4.79 Å². The van der Waals surface area contributed by atoms with Gasteiger partial charge < -0.3 is 10.3 Å². The molecule has 2 aromatic rings. The number of anilines is 1. The van der Waals surface area contributed by atoms with Gasteiger partial charge in [-0.1, -0.05) is 12.1 Å². The molecule has 0 bridgehead atoms. The third-order valence-electron chi connectivity index (χ3n) is 4.72. The summed E-state index contributed by atoms with van der Waals surface area (Å²) in [6.07, 6.45) is 5.43. The van der Waals surface area contributed by atoms with E-state index in [2.05, 4.69) is 20.2 Å². The van der Waals surface area contributed by atoms with Crippen LogP contribution in [0.3, 0.4) is 0 Å². The quantitative estimate of drug-likeness (QED) is 0.641. The Bertz CT molecular complexity index is 739. The number of likely N-dealkylation sites (tertiary alicyclic amines) is 1. The molecule has 1 aromatic heterocycles. The van der Waals surface area contributed by atoms with Crippen molar-refractivity contribution in [2.24, 2.45) is 0 Å². The number of aromatic amines is 1. The molecule has 0 spiro atoms. The van der Waals surface area contributed by atoms with Gasteiger partial charge in [0, 0.05) is 24.4 Å². The molecule has 1 unspecified atom stereocenters. The lowest BCUT2D eigenvalue weighted by atomic mass is 9.95. The van der Waals surface area contributed by atoms with Gasteiger partial charge in [0.1, 0.15) is 11.5 Å². The monoisotopic (exact) mass is 343 g/mol. The number of nitrogens with one attached hydrogen (secondary N) is 2. The number of nitrogens with zero attached hydrogens (tertiary/aromatic N) is 3. The van der Waals surface area contributed by atoms with Gasteiger partial charge in [-0.15, -0.1) is 0 Å². The van der Waals surface area contributed by atoms with Crippen molar-refractivity contribution in [3.05, 3.63) is 52.6 Å². The van der Waals surface area contributed by atoms with Crippen LogP contribution in [0.25, 0.3) is 0 Å². The number of para-hydroxylation sites is 2. The van der Waals surface area contributed by atoms with Crippen molar-refractivity contribution in [1.29, 1.82) is 0 Å². The number of rotatable bonds is 5. The van der Waals surface area contributed by atoms with Crippen LogP contribution in [0, 0.1) is 10.1 Å². The zero-order valence-electron chi connectivity index (χ0n) is 14.0. The molecule has 1 saturated heterocycles. The highest BCUT2D eigenvalue weighted by atomic mass is 16.6. The van der Waals surface area contributed by atoms with Gasteiger partial charge in [-0.3, -0.25) is 19.8 Å². The number of amides is 1. The Morgan fingerprint density at radius 3 is 2.76 bits per heavy atom. The van der Waals surface area contributed by atoms with Crippen molar-refractivity contribution in [3.63, 3.8) is 0 Å². The molecule has 0 saturated carbocycles. The molecule has 1 fully saturated rings. The van der Waals surface area contributed by atoms with Crippen molar-refractivity contribution >= 4 is 17.3 Å². The zero-order valence-corrected chi connectivity index (χ0v) is 14.0. The first-order valence-corrected chi connectivity index (χ1v) is 8.34. The number of hydrogen-bond acceptors (Lipinski definition) is 5. The standard InChI is InChI=1S/C17H21N5O3/c1-12(17(23)20-14-4-2-3-5-15(14)22(24)25)21-10-6-13(7-11-21)16-18-8-9-19-16/h2-5,8-9,12-13H,6-7,10-11H2,1H3,(H,18,19)(H,20,23). The fourth-order valence-corrected chi connectivity index (χ4v) is 3.20. The molecule has 0 aliphatic carbocycles. The summed E-state index contributed by atoms with van der Waals surface area (Å²) < 4.78 is 0. The summed E-state index contributed by atoms with van der Waals surface area (Å²) in [6.45, 7) is 3.41. The van der Waals surface area contributed by atoms with E-state index < -0.39 is 4.92 Å². The predicted octanol–water partition coefficient (Wildman–Crippen LogP) is 2.52. The number of carbonyl (C=O) groups excluding carboxylic acids is 1. The normalized spacial score (nSPS) is 17.2. The molecule has 0 radical (unpaired) electrons. The van der Waals surface area contributed by atoms with E-state index in [9.17, 15) is 14.9 Å². The van der Waals surface area contributed by atoms with Crippen LogP contribution in [0.15, 0.2) is 36.7 Å². The summed E-state index contributed by atoms with van der Waals surface area (Å²) in [5, 5.41) is 13.7. The van der Waals surface area contributed by atoms with E-state index in [1.54, 1.807) is 24.4 Å². The summed E-state index contributed by atoms with van der Waals surface area (Å²) in [5.41, 5.74) is 0.134. The van der Waals surface area contributed by atoms with Crippen LogP contribution in [-0.4, -0.2) is 44.8 Å². The molecule has 1 amide bonds. The minimum Gasteiger partial charge on any atom is -0.348 e. The lowest BCUT2D eigenvalue weighted by Crippen LogP contribution is -2.45. The van der Waals surface area contributed by atoms with Crippen molar-refractivity contribution < 1.29 is 9.72 Å². The van der Waals surface area contributed by atoms with Gasteiger partial charge in [-0.2, -0.15) is 0 Å². The summed E-state index contributed by atoms with van der Waals surface area (Å²) in [6, 6.07) is 5.83. The zero-order chi connectivity index (χ0) is 17.8. The second-order valence-corrected chi connectivity index (χ2v) is 6.22. The maximum atomic E-state index is 12.5. The summed E-state index contributed by atoms with van der Waals surface area (Å²) in [5.74, 6) is 1.15. The third-order valence-corrected chi connectivity index (χ3v) is 4.72. The average molecular weight is 343 g/mol. The number of aromatic nitrogens is 2. The average Bonchev–Trinajstić information content (AvgIpc) is 3.16. The molecule has 8 nitrogen and oxygen atoms in total. The maximum absolute atomic E-state index is 12.5. The minimum absolute atomic E-state index is 0.0976. The van der Waals surface area contributed by atoms with Crippen LogP contribution in [0.5, 0.6) is 0 Å². The molecule has 132 valence electrons. The number of H-pyrrole nitrogens is 1. The molecular formula is C17H21N5O3. The summed E-state index contributed by atoms with van der Waals surface area (Å²) >= 11 is 0. The van der Waals surface area contributed by atoms with Crippen LogP contribution in [0.4, 0.5) is 11.4 Å². The number of piperidine rings is 1. The van der Waals surface area contributed by atoms with Gasteiger partial charge in [0.25, 0.3) is 5.69 Å². The van der Waals surface area contributed by atoms with Gasteiger partial charge in [0.05, 0.1) is 11.0 Å². The smallest absolute Gasteiger partial charge is 0.292 e. The first kappa shape index (κ1) is 17.1. The van der Waals surface area contributed by atoms with Gasteiger partial charge in [-0.05, 0) is 38.9 Å². The van der Waals surface area contributed by atoms with Gasteiger partial charge in [0.15, 0.2) is 0 Å². The Kier molecular flexibility index (Phi) is 5.08. The second-order valence-electron chi connectivity index (χ2n) is 6.22. The van der Waals surface area contributed by atoms with E-state index in [1.165, 1.54) is 6.07 Å².